The van der Waals surface area contributed by atoms with Gasteiger partial charge < -0.3 is 9.73 Å². The van der Waals surface area contributed by atoms with E-state index in [2.05, 4.69) is 12.2 Å². The highest BCUT2D eigenvalue weighted by atomic mass is 35.5. The van der Waals surface area contributed by atoms with Gasteiger partial charge in [0.1, 0.15) is 5.76 Å². The molecule has 1 atom stereocenters. The van der Waals surface area contributed by atoms with Crippen molar-refractivity contribution < 1.29 is 9.21 Å². The first-order valence-corrected chi connectivity index (χ1v) is 5.57. The van der Waals surface area contributed by atoms with Crippen LogP contribution >= 0.6 is 11.6 Å². The van der Waals surface area contributed by atoms with E-state index in [1.54, 1.807) is 12.1 Å². The summed E-state index contributed by atoms with van der Waals surface area (Å²) in [5.41, 5.74) is 0. The van der Waals surface area contributed by atoms with Gasteiger partial charge >= 0.3 is 0 Å². The molecular weight excluding hydrogens is 214 g/mol. The summed E-state index contributed by atoms with van der Waals surface area (Å²) < 4.78 is 5.20. The Labute approximate surface area is 94.8 Å². The lowest BCUT2D eigenvalue weighted by molar-refractivity contribution is 0.0919. The zero-order valence-corrected chi connectivity index (χ0v) is 9.80. The quantitative estimate of drug-likeness (QED) is 0.789. The summed E-state index contributed by atoms with van der Waals surface area (Å²) in [7, 11) is 0. The Kier molecular flexibility index (Phi) is 4.69. The van der Waals surface area contributed by atoms with Crippen molar-refractivity contribution in [1.29, 1.82) is 0 Å². The second-order valence-corrected chi connectivity index (χ2v) is 4.08. The Morgan fingerprint density at radius 3 is 2.87 bits per heavy atom. The van der Waals surface area contributed by atoms with Crippen molar-refractivity contribution >= 4 is 17.5 Å². The van der Waals surface area contributed by atoms with E-state index in [0.717, 1.165) is 12.2 Å². The Bertz CT molecular complexity index is 322. The third kappa shape index (κ3) is 3.96. The van der Waals surface area contributed by atoms with E-state index in [0.29, 0.717) is 24.1 Å². The molecule has 1 unspecified atom stereocenters. The van der Waals surface area contributed by atoms with Crippen molar-refractivity contribution in [2.45, 2.75) is 20.3 Å². The molecule has 1 aromatic rings. The molecule has 15 heavy (non-hydrogen) atoms. The lowest BCUT2D eigenvalue weighted by atomic mass is 10.1. The van der Waals surface area contributed by atoms with Gasteiger partial charge in [-0.3, -0.25) is 4.79 Å². The lowest BCUT2D eigenvalue weighted by Crippen LogP contribution is -2.28. The summed E-state index contributed by atoms with van der Waals surface area (Å²) in [6, 6.07) is 3.45. The summed E-state index contributed by atoms with van der Waals surface area (Å²) in [5, 5.41) is 2.81. The maximum Gasteiger partial charge on any atom is 0.287 e. The molecule has 0 fully saturated rings. The number of aryl methyl sites for hydroxylation is 1. The van der Waals surface area contributed by atoms with Crippen LogP contribution in [-0.2, 0) is 0 Å². The summed E-state index contributed by atoms with van der Waals surface area (Å²) >= 11 is 5.60. The number of furan rings is 1. The number of hydrogen-bond donors (Lipinski definition) is 1. The van der Waals surface area contributed by atoms with Crippen molar-refractivity contribution in [2.24, 2.45) is 5.92 Å². The van der Waals surface area contributed by atoms with Gasteiger partial charge in [0.2, 0.25) is 0 Å². The highest BCUT2D eigenvalue weighted by Crippen LogP contribution is 2.06. The number of amides is 1. The smallest absolute Gasteiger partial charge is 0.287 e. The predicted octanol–water partition coefficient (Wildman–Crippen LogP) is 2.58. The Morgan fingerprint density at radius 2 is 2.33 bits per heavy atom. The highest BCUT2D eigenvalue weighted by Gasteiger charge is 2.10. The average Bonchev–Trinajstić information content (AvgIpc) is 2.62. The molecule has 3 nitrogen and oxygen atoms in total. The molecule has 0 aromatic carbocycles. The first kappa shape index (κ1) is 12.1. The largest absolute Gasteiger partial charge is 0.456 e. The summed E-state index contributed by atoms with van der Waals surface area (Å²) in [5.74, 6) is 1.96. The van der Waals surface area contributed by atoms with E-state index < -0.39 is 0 Å². The van der Waals surface area contributed by atoms with Crippen molar-refractivity contribution in [3.63, 3.8) is 0 Å². The average molecular weight is 230 g/mol. The van der Waals surface area contributed by atoms with E-state index in [1.165, 1.54) is 0 Å². The second kappa shape index (κ2) is 5.81. The van der Waals surface area contributed by atoms with Crippen molar-refractivity contribution in [3.05, 3.63) is 23.7 Å². The molecule has 0 bridgehead atoms. The molecular formula is C11H16ClNO2. The zero-order valence-electron chi connectivity index (χ0n) is 9.05. The number of carbonyl (C=O) groups excluding carboxylic acids is 1. The first-order chi connectivity index (χ1) is 7.13. The molecule has 0 aliphatic heterocycles. The number of rotatable bonds is 5. The van der Waals surface area contributed by atoms with Crippen LogP contribution in [0.5, 0.6) is 0 Å². The van der Waals surface area contributed by atoms with E-state index >= 15 is 0 Å². The number of alkyl halides is 1. The van der Waals surface area contributed by atoms with Gasteiger partial charge in [0, 0.05) is 12.4 Å². The number of carbonyl (C=O) groups is 1. The molecule has 0 radical (unpaired) electrons. The van der Waals surface area contributed by atoms with Gasteiger partial charge in [-0.05, 0) is 31.4 Å². The van der Waals surface area contributed by atoms with Gasteiger partial charge in [0.15, 0.2) is 5.76 Å². The van der Waals surface area contributed by atoms with Gasteiger partial charge in [-0.1, -0.05) is 6.92 Å². The fourth-order valence-corrected chi connectivity index (χ4v) is 1.57. The van der Waals surface area contributed by atoms with Crippen molar-refractivity contribution in [3.8, 4) is 0 Å². The number of hydrogen-bond acceptors (Lipinski definition) is 2. The number of halogens is 1. The maximum absolute atomic E-state index is 11.5. The minimum absolute atomic E-state index is 0.162. The summed E-state index contributed by atoms with van der Waals surface area (Å²) in [6.07, 6.45) is 0.902. The van der Waals surface area contributed by atoms with Gasteiger partial charge in [-0.25, -0.2) is 0 Å². The fourth-order valence-electron chi connectivity index (χ4n) is 1.20. The van der Waals surface area contributed by atoms with Crippen LogP contribution < -0.4 is 5.32 Å². The van der Waals surface area contributed by atoms with Gasteiger partial charge in [0.05, 0.1) is 0 Å². The minimum Gasteiger partial charge on any atom is -0.456 e. The van der Waals surface area contributed by atoms with E-state index in [4.69, 9.17) is 16.0 Å². The van der Waals surface area contributed by atoms with E-state index in [1.807, 2.05) is 6.92 Å². The maximum atomic E-state index is 11.5. The van der Waals surface area contributed by atoms with Crippen LogP contribution in [0.25, 0.3) is 0 Å². The minimum atomic E-state index is -0.162. The normalized spacial score (nSPS) is 12.5. The highest BCUT2D eigenvalue weighted by molar-refractivity contribution is 6.17. The first-order valence-electron chi connectivity index (χ1n) is 5.04. The van der Waals surface area contributed by atoms with Gasteiger partial charge in [-0.15, -0.1) is 11.6 Å². The monoisotopic (exact) mass is 229 g/mol. The molecule has 1 heterocycles. The molecule has 84 valence electrons. The Hall–Kier alpha value is -0.960. The Balaban J connectivity index is 2.36. The van der Waals surface area contributed by atoms with Crippen LogP contribution in [0.15, 0.2) is 16.5 Å². The van der Waals surface area contributed by atoms with Crippen LogP contribution in [0.3, 0.4) is 0 Å². The van der Waals surface area contributed by atoms with Gasteiger partial charge in [-0.2, -0.15) is 0 Å². The second-order valence-electron chi connectivity index (χ2n) is 3.70. The summed E-state index contributed by atoms with van der Waals surface area (Å²) in [4.78, 5) is 11.5. The van der Waals surface area contributed by atoms with Crippen molar-refractivity contribution in [1.82, 2.24) is 5.32 Å². The molecule has 0 saturated heterocycles. The van der Waals surface area contributed by atoms with Gasteiger partial charge in [0.25, 0.3) is 5.91 Å². The molecule has 0 aliphatic carbocycles. The van der Waals surface area contributed by atoms with Crippen LogP contribution in [0.4, 0.5) is 0 Å². The van der Waals surface area contributed by atoms with Crippen LogP contribution in [0, 0.1) is 12.8 Å². The molecule has 1 aromatic heterocycles. The summed E-state index contributed by atoms with van der Waals surface area (Å²) in [6.45, 7) is 4.49. The zero-order chi connectivity index (χ0) is 11.3. The van der Waals surface area contributed by atoms with E-state index in [9.17, 15) is 4.79 Å². The standard InChI is InChI=1S/C11H16ClNO2/c1-8(5-6-12)7-13-11(14)10-4-3-9(2)15-10/h3-4,8H,5-7H2,1-2H3,(H,13,14). The molecule has 1 rings (SSSR count). The Morgan fingerprint density at radius 1 is 1.60 bits per heavy atom. The van der Waals surface area contributed by atoms with E-state index in [-0.39, 0.29) is 5.91 Å². The van der Waals surface area contributed by atoms with Crippen LogP contribution in [0.2, 0.25) is 0 Å². The van der Waals surface area contributed by atoms with Crippen LogP contribution in [0.1, 0.15) is 29.7 Å². The van der Waals surface area contributed by atoms with Crippen LogP contribution in [-0.4, -0.2) is 18.3 Å². The SMILES string of the molecule is Cc1ccc(C(=O)NCC(C)CCCl)o1. The molecule has 0 saturated carbocycles. The topological polar surface area (TPSA) is 42.2 Å². The number of nitrogens with one attached hydrogen (secondary N) is 1. The molecule has 0 aliphatic rings. The third-order valence-corrected chi connectivity index (χ3v) is 2.40. The lowest BCUT2D eigenvalue weighted by Gasteiger charge is -2.09. The third-order valence-electron chi connectivity index (χ3n) is 2.18. The van der Waals surface area contributed by atoms with Crippen molar-refractivity contribution in [2.75, 3.05) is 12.4 Å². The molecule has 1 amide bonds. The molecule has 4 heteroatoms. The molecule has 1 N–H and O–H groups in total. The molecule has 0 spiro atoms. The fraction of sp³-hybridized carbons (Fsp3) is 0.545. The predicted molar refractivity (Wildman–Crippen MR) is 60.3 cm³/mol.